The van der Waals surface area contributed by atoms with Crippen LogP contribution in [0.15, 0.2) is 24.3 Å². The Kier molecular flexibility index (Phi) is 4.24. The van der Waals surface area contributed by atoms with Gasteiger partial charge in [0.2, 0.25) is 5.13 Å². The first-order valence-corrected chi connectivity index (χ1v) is 7.96. The first kappa shape index (κ1) is 14.8. The average molecular weight is 318 g/mol. The minimum Gasteiger partial charge on any atom is -0.497 e. The van der Waals surface area contributed by atoms with Crippen LogP contribution in [0, 0.1) is 0 Å². The normalized spacial score (nSPS) is 13.7. The molecular weight excluding hydrogens is 300 g/mol. The van der Waals surface area contributed by atoms with Crippen LogP contribution in [0.3, 0.4) is 0 Å². The number of nitrogens with one attached hydrogen (secondary N) is 1. The maximum Gasteiger partial charge on any atom is 0.323 e. The molecule has 0 atom stereocenters. The van der Waals surface area contributed by atoms with Crippen molar-refractivity contribution in [3.63, 3.8) is 0 Å². The highest BCUT2D eigenvalue weighted by atomic mass is 32.1. The quantitative estimate of drug-likeness (QED) is 0.920. The van der Waals surface area contributed by atoms with Gasteiger partial charge in [-0.25, -0.2) is 4.79 Å². The summed E-state index contributed by atoms with van der Waals surface area (Å²) < 4.78 is 5.12. The number of anilines is 1. The Labute approximate surface area is 133 Å². The number of urea groups is 1. The van der Waals surface area contributed by atoms with Crippen molar-refractivity contribution in [3.05, 3.63) is 34.8 Å². The highest BCUT2D eigenvalue weighted by molar-refractivity contribution is 7.15. The number of ether oxygens (including phenoxy) is 1. The average Bonchev–Trinajstić information content (AvgIpc) is 3.28. The molecule has 7 heteroatoms. The Morgan fingerprint density at radius 1 is 1.36 bits per heavy atom. The number of methoxy groups -OCH3 is 1. The topological polar surface area (TPSA) is 67.3 Å². The van der Waals surface area contributed by atoms with Gasteiger partial charge in [0.05, 0.1) is 7.11 Å². The lowest BCUT2D eigenvalue weighted by Crippen LogP contribution is -2.30. The summed E-state index contributed by atoms with van der Waals surface area (Å²) in [7, 11) is 3.38. The minimum atomic E-state index is -0.186. The standard InChI is InChI=1S/C15H18N4O2S/c1-19(9-10-3-7-12(21-2)8-4-10)15(20)16-14-18-17-13(22-14)11-5-6-11/h3-4,7-8,11H,5-6,9H2,1-2H3,(H,16,18,20). The molecule has 1 N–H and O–H groups in total. The van der Waals surface area contributed by atoms with E-state index in [1.807, 2.05) is 24.3 Å². The molecule has 2 aromatic rings. The van der Waals surface area contributed by atoms with Crippen molar-refractivity contribution in [2.75, 3.05) is 19.5 Å². The fraction of sp³-hybridized carbons (Fsp3) is 0.400. The van der Waals surface area contributed by atoms with Crippen LogP contribution in [0.4, 0.5) is 9.93 Å². The Morgan fingerprint density at radius 2 is 2.09 bits per heavy atom. The van der Waals surface area contributed by atoms with Crippen molar-refractivity contribution in [3.8, 4) is 5.75 Å². The molecule has 1 aromatic carbocycles. The van der Waals surface area contributed by atoms with Gasteiger partial charge in [-0.15, -0.1) is 10.2 Å². The number of rotatable bonds is 5. The lowest BCUT2D eigenvalue weighted by molar-refractivity contribution is 0.220. The molecule has 1 aliphatic carbocycles. The van der Waals surface area contributed by atoms with Crippen LogP contribution in [0.1, 0.15) is 29.3 Å². The van der Waals surface area contributed by atoms with Crippen LogP contribution in [0.5, 0.6) is 5.75 Å². The summed E-state index contributed by atoms with van der Waals surface area (Å²) in [6, 6.07) is 7.47. The molecule has 6 nitrogen and oxygen atoms in total. The van der Waals surface area contributed by atoms with Gasteiger partial charge < -0.3 is 9.64 Å². The highest BCUT2D eigenvalue weighted by Crippen LogP contribution is 2.42. The van der Waals surface area contributed by atoms with Crippen LogP contribution in [0.2, 0.25) is 0 Å². The molecule has 22 heavy (non-hydrogen) atoms. The van der Waals surface area contributed by atoms with E-state index in [0.29, 0.717) is 17.6 Å². The van der Waals surface area contributed by atoms with Crippen molar-refractivity contribution in [1.82, 2.24) is 15.1 Å². The van der Waals surface area contributed by atoms with E-state index < -0.39 is 0 Å². The number of carbonyl (C=O) groups is 1. The van der Waals surface area contributed by atoms with E-state index in [0.717, 1.165) is 16.3 Å². The zero-order valence-electron chi connectivity index (χ0n) is 12.6. The first-order chi connectivity index (χ1) is 10.7. The Morgan fingerprint density at radius 3 is 2.73 bits per heavy atom. The van der Waals surface area contributed by atoms with Crippen molar-refractivity contribution in [2.24, 2.45) is 0 Å². The summed E-state index contributed by atoms with van der Waals surface area (Å²) in [5.41, 5.74) is 1.04. The van der Waals surface area contributed by atoms with E-state index in [9.17, 15) is 4.79 Å². The summed E-state index contributed by atoms with van der Waals surface area (Å²) in [5.74, 6) is 1.36. The predicted molar refractivity (Wildman–Crippen MR) is 85.4 cm³/mol. The molecule has 2 amide bonds. The molecule has 1 aromatic heterocycles. The van der Waals surface area contributed by atoms with Crippen LogP contribution in [-0.2, 0) is 6.54 Å². The zero-order valence-corrected chi connectivity index (χ0v) is 13.4. The smallest absolute Gasteiger partial charge is 0.323 e. The van der Waals surface area contributed by atoms with Gasteiger partial charge in [0.1, 0.15) is 10.8 Å². The third kappa shape index (κ3) is 3.54. The Hall–Kier alpha value is -2.15. The van der Waals surface area contributed by atoms with Crippen molar-refractivity contribution < 1.29 is 9.53 Å². The molecule has 0 saturated heterocycles. The van der Waals surface area contributed by atoms with Crippen molar-refractivity contribution in [2.45, 2.75) is 25.3 Å². The number of hydrogen-bond donors (Lipinski definition) is 1. The van der Waals surface area contributed by atoms with Crippen LogP contribution >= 0.6 is 11.3 Å². The fourth-order valence-electron chi connectivity index (χ4n) is 2.04. The second-order valence-electron chi connectivity index (χ2n) is 5.35. The Balaban J connectivity index is 1.55. The molecule has 1 fully saturated rings. The highest BCUT2D eigenvalue weighted by Gasteiger charge is 2.27. The van der Waals surface area contributed by atoms with E-state index in [2.05, 4.69) is 15.5 Å². The van der Waals surface area contributed by atoms with Gasteiger partial charge in [-0.1, -0.05) is 23.5 Å². The summed E-state index contributed by atoms with van der Waals surface area (Å²) in [4.78, 5) is 13.8. The van der Waals surface area contributed by atoms with Gasteiger partial charge in [-0.05, 0) is 30.5 Å². The summed E-state index contributed by atoms with van der Waals surface area (Å²) in [6.07, 6.45) is 2.36. The molecule has 0 unspecified atom stereocenters. The van der Waals surface area contributed by atoms with Gasteiger partial charge in [0, 0.05) is 19.5 Å². The van der Waals surface area contributed by atoms with Gasteiger partial charge in [-0.3, -0.25) is 5.32 Å². The molecule has 1 heterocycles. The maximum absolute atomic E-state index is 12.2. The lowest BCUT2D eigenvalue weighted by Gasteiger charge is -2.17. The zero-order chi connectivity index (χ0) is 15.5. The number of benzene rings is 1. The van der Waals surface area contributed by atoms with E-state index in [-0.39, 0.29) is 6.03 Å². The molecule has 1 saturated carbocycles. The number of hydrogen-bond acceptors (Lipinski definition) is 5. The van der Waals surface area contributed by atoms with E-state index >= 15 is 0 Å². The summed E-state index contributed by atoms with van der Waals surface area (Å²) in [6.45, 7) is 0.518. The first-order valence-electron chi connectivity index (χ1n) is 7.14. The summed E-state index contributed by atoms with van der Waals surface area (Å²) >= 11 is 1.46. The number of nitrogens with zero attached hydrogens (tertiary/aromatic N) is 3. The molecule has 1 aliphatic rings. The molecule has 0 bridgehead atoms. The molecule has 116 valence electrons. The minimum absolute atomic E-state index is 0.186. The second kappa shape index (κ2) is 6.31. The van der Waals surface area contributed by atoms with E-state index in [1.165, 1.54) is 24.2 Å². The third-order valence-corrected chi connectivity index (χ3v) is 4.51. The molecular formula is C15H18N4O2S. The molecule has 3 rings (SSSR count). The maximum atomic E-state index is 12.2. The SMILES string of the molecule is COc1ccc(CN(C)C(=O)Nc2nnc(C3CC3)s2)cc1. The third-order valence-electron chi connectivity index (χ3n) is 3.51. The largest absolute Gasteiger partial charge is 0.497 e. The van der Waals surface area contributed by atoms with Crippen LogP contribution in [-0.4, -0.2) is 35.3 Å². The molecule has 0 aliphatic heterocycles. The van der Waals surface area contributed by atoms with Crippen molar-refractivity contribution in [1.29, 1.82) is 0 Å². The number of carbonyl (C=O) groups excluding carboxylic acids is 1. The predicted octanol–water partition coefficient (Wildman–Crippen LogP) is 3.09. The fourth-order valence-corrected chi connectivity index (χ4v) is 2.95. The summed E-state index contributed by atoms with van der Waals surface area (Å²) in [5, 5.41) is 12.5. The lowest BCUT2D eigenvalue weighted by atomic mass is 10.2. The van der Waals surface area contributed by atoms with Crippen molar-refractivity contribution >= 4 is 22.5 Å². The van der Waals surface area contributed by atoms with E-state index in [4.69, 9.17) is 4.74 Å². The van der Waals surface area contributed by atoms with Gasteiger partial charge in [-0.2, -0.15) is 0 Å². The van der Waals surface area contributed by atoms with Gasteiger partial charge in [0.15, 0.2) is 0 Å². The molecule has 0 spiro atoms. The Bertz CT molecular complexity index is 652. The number of amides is 2. The number of aromatic nitrogens is 2. The molecule has 0 radical (unpaired) electrons. The van der Waals surface area contributed by atoms with Gasteiger partial charge in [0.25, 0.3) is 0 Å². The second-order valence-corrected chi connectivity index (χ2v) is 6.36. The van der Waals surface area contributed by atoms with Crippen LogP contribution in [0.25, 0.3) is 0 Å². The van der Waals surface area contributed by atoms with Gasteiger partial charge >= 0.3 is 6.03 Å². The van der Waals surface area contributed by atoms with Crippen LogP contribution < -0.4 is 10.1 Å². The van der Waals surface area contributed by atoms with E-state index in [1.54, 1.807) is 19.1 Å². The monoisotopic (exact) mass is 318 g/mol.